The molecule has 1 aromatic carbocycles. The second-order valence-corrected chi connectivity index (χ2v) is 2.90. The van der Waals surface area contributed by atoms with Crippen LogP contribution in [0.15, 0.2) is 36.9 Å². The first kappa shape index (κ1) is 10.5. The summed E-state index contributed by atoms with van der Waals surface area (Å²) in [5, 5.41) is 11.5. The Morgan fingerprint density at radius 2 is 1.93 bits per heavy atom. The van der Waals surface area contributed by atoms with E-state index in [1.165, 1.54) is 6.08 Å². The lowest BCUT2D eigenvalue weighted by atomic mass is 10.1. The van der Waals surface area contributed by atoms with E-state index in [1.807, 2.05) is 24.3 Å². The van der Waals surface area contributed by atoms with Crippen molar-refractivity contribution >= 4 is 5.91 Å². The van der Waals surface area contributed by atoms with Gasteiger partial charge in [0.15, 0.2) is 0 Å². The maximum atomic E-state index is 10.8. The molecule has 2 N–H and O–H groups in total. The maximum absolute atomic E-state index is 10.8. The standard InChI is InChI=1S/C11H13NO2/c1-2-11(14)12-7-9-3-5-10(8-13)6-4-9/h2-6,13H,1,7-8H2,(H,12,14). The van der Waals surface area contributed by atoms with E-state index in [0.29, 0.717) is 6.54 Å². The highest BCUT2D eigenvalue weighted by Crippen LogP contribution is 2.03. The Balaban J connectivity index is 2.51. The number of hydrogen-bond donors (Lipinski definition) is 2. The van der Waals surface area contributed by atoms with E-state index in [2.05, 4.69) is 11.9 Å². The highest BCUT2D eigenvalue weighted by atomic mass is 16.3. The van der Waals surface area contributed by atoms with Gasteiger partial charge in [0.25, 0.3) is 0 Å². The molecule has 3 heteroatoms. The summed E-state index contributed by atoms with van der Waals surface area (Å²) in [6.45, 7) is 3.88. The number of benzene rings is 1. The van der Waals surface area contributed by atoms with Gasteiger partial charge in [-0.05, 0) is 17.2 Å². The van der Waals surface area contributed by atoms with Crippen molar-refractivity contribution in [2.45, 2.75) is 13.2 Å². The second-order valence-electron chi connectivity index (χ2n) is 2.90. The smallest absolute Gasteiger partial charge is 0.243 e. The van der Waals surface area contributed by atoms with Crippen LogP contribution in [0.5, 0.6) is 0 Å². The Hall–Kier alpha value is -1.61. The summed E-state index contributed by atoms with van der Waals surface area (Å²) >= 11 is 0. The normalized spacial score (nSPS) is 9.50. The van der Waals surface area contributed by atoms with Crippen molar-refractivity contribution in [2.24, 2.45) is 0 Å². The molecule has 0 aromatic heterocycles. The van der Waals surface area contributed by atoms with Crippen LogP contribution in [0.3, 0.4) is 0 Å². The summed E-state index contributed by atoms with van der Waals surface area (Å²) in [4.78, 5) is 10.8. The van der Waals surface area contributed by atoms with Crippen molar-refractivity contribution in [3.8, 4) is 0 Å². The molecule has 0 atom stereocenters. The van der Waals surface area contributed by atoms with Gasteiger partial charge in [0.2, 0.25) is 5.91 Å². The fourth-order valence-electron chi connectivity index (χ4n) is 1.02. The Labute approximate surface area is 83.1 Å². The molecule has 0 fully saturated rings. The highest BCUT2D eigenvalue weighted by Gasteiger charge is 1.95. The van der Waals surface area contributed by atoms with E-state index in [1.54, 1.807) is 0 Å². The van der Waals surface area contributed by atoms with Gasteiger partial charge < -0.3 is 10.4 Å². The summed E-state index contributed by atoms with van der Waals surface area (Å²) < 4.78 is 0. The molecule has 0 aliphatic heterocycles. The van der Waals surface area contributed by atoms with Gasteiger partial charge in [-0.1, -0.05) is 30.8 Å². The summed E-state index contributed by atoms with van der Waals surface area (Å²) in [5.41, 5.74) is 1.86. The number of aliphatic hydroxyl groups is 1. The van der Waals surface area contributed by atoms with Crippen LogP contribution in [0.4, 0.5) is 0 Å². The molecule has 1 amide bonds. The van der Waals surface area contributed by atoms with Gasteiger partial charge in [-0.2, -0.15) is 0 Å². The van der Waals surface area contributed by atoms with Crippen LogP contribution >= 0.6 is 0 Å². The lowest BCUT2D eigenvalue weighted by Gasteiger charge is -2.03. The van der Waals surface area contributed by atoms with Gasteiger partial charge in [-0.15, -0.1) is 0 Å². The zero-order valence-electron chi connectivity index (χ0n) is 7.86. The van der Waals surface area contributed by atoms with E-state index in [-0.39, 0.29) is 12.5 Å². The molecule has 0 saturated carbocycles. The molecular weight excluding hydrogens is 178 g/mol. The molecule has 1 aromatic rings. The van der Waals surface area contributed by atoms with E-state index in [4.69, 9.17) is 5.11 Å². The molecule has 0 saturated heterocycles. The van der Waals surface area contributed by atoms with Crippen LogP contribution < -0.4 is 5.32 Å². The average Bonchev–Trinajstić information content (AvgIpc) is 2.26. The van der Waals surface area contributed by atoms with Crippen molar-refractivity contribution in [3.05, 3.63) is 48.0 Å². The Morgan fingerprint density at radius 1 is 1.36 bits per heavy atom. The molecule has 0 bridgehead atoms. The van der Waals surface area contributed by atoms with Crippen LogP contribution in [0.25, 0.3) is 0 Å². The molecule has 3 nitrogen and oxygen atoms in total. The number of carbonyl (C=O) groups excluding carboxylic acids is 1. The molecule has 0 aliphatic rings. The van der Waals surface area contributed by atoms with Gasteiger partial charge in [-0.25, -0.2) is 0 Å². The van der Waals surface area contributed by atoms with Crippen molar-refractivity contribution in [1.29, 1.82) is 0 Å². The Kier molecular flexibility index (Phi) is 3.88. The monoisotopic (exact) mass is 191 g/mol. The van der Waals surface area contributed by atoms with Crippen molar-refractivity contribution in [1.82, 2.24) is 5.32 Å². The minimum Gasteiger partial charge on any atom is -0.392 e. The number of carbonyl (C=O) groups is 1. The van der Waals surface area contributed by atoms with Gasteiger partial charge in [-0.3, -0.25) is 4.79 Å². The Morgan fingerprint density at radius 3 is 2.43 bits per heavy atom. The highest BCUT2D eigenvalue weighted by molar-refractivity contribution is 5.86. The predicted octanol–water partition coefficient (Wildman–Crippen LogP) is 0.981. The molecule has 0 radical (unpaired) electrons. The molecule has 74 valence electrons. The van der Waals surface area contributed by atoms with Crippen LogP contribution in [-0.4, -0.2) is 11.0 Å². The van der Waals surface area contributed by atoms with Gasteiger partial charge in [0, 0.05) is 6.54 Å². The number of amides is 1. The third-order valence-electron chi connectivity index (χ3n) is 1.86. The van der Waals surface area contributed by atoms with E-state index in [9.17, 15) is 4.79 Å². The van der Waals surface area contributed by atoms with Crippen molar-refractivity contribution < 1.29 is 9.90 Å². The molecule has 0 spiro atoms. The third kappa shape index (κ3) is 3.03. The van der Waals surface area contributed by atoms with Crippen LogP contribution in [0.1, 0.15) is 11.1 Å². The van der Waals surface area contributed by atoms with Crippen LogP contribution in [-0.2, 0) is 17.9 Å². The molecule has 14 heavy (non-hydrogen) atoms. The van der Waals surface area contributed by atoms with E-state index in [0.717, 1.165) is 11.1 Å². The number of aliphatic hydroxyl groups excluding tert-OH is 1. The first-order valence-electron chi connectivity index (χ1n) is 4.35. The quantitative estimate of drug-likeness (QED) is 0.697. The van der Waals surface area contributed by atoms with Crippen LogP contribution in [0, 0.1) is 0 Å². The largest absolute Gasteiger partial charge is 0.392 e. The Bertz CT molecular complexity index is 317. The summed E-state index contributed by atoms with van der Waals surface area (Å²) in [6.07, 6.45) is 1.24. The van der Waals surface area contributed by atoms with E-state index < -0.39 is 0 Å². The van der Waals surface area contributed by atoms with Crippen LogP contribution in [0.2, 0.25) is 0 Å². The first-order valence-corrected chi connectivity index (χ1v) is 4.35. The molecule has 0 aliphatic carbocycles. The molecule has 0 unspecified atom stereocenters. The molecule has 1 rings (SSSR count). The zero-order valence-corrected chi connectivity index (χ0v) is 7.86. The average molecular weight is 191 g/mol. The summed E-state index contributed by atoms with van der Waals surface area (Å²) in [6, 6.07) is 7.40. The van der Waals surface area contributed by atoms with Gasteiger partial charge >= 0.3 is 0 Å². The molecular formula is C11H13NO2. The maximum Gasteiger partial charge on any atom is 0.243 e. The van der Waals surface area contributed by atoms with Crippen molar-refractivity contribution in [3.63, 3.8) is 0 Å². The number of rotatable bonds is 4. The lowest BCUT2D eigenvalue weighted by Crippen LogP contribution is -2.19. The number of nitrogens with one attached hydrogen (secondary N) is 1. The summed E-state index contributed by atoms with van der Waals surface area (Å²) in [7, 11) is 0. The molecule has 0 heterocycles. The topological polar surface area (TPSA) is 49.3 Å². The number of hydrogen-bond acceptors (Lipinski definition) is 2. The van der Waals surface area contributed by atoms with Gasteiger partial charge in [0.05, 0.1) is 6.61 Å². The minimum atomic E-state index is -0.184. The summed E-state index contributed by atoms with van der Waals surface area (Å²) in [5.74, 6) is -0.184. The fourth-order valence-corrected chi connectivity index (χ4v) is 1.02. The predicted molar refractivity (Wildman–Crippen MR) is 54.4 cm³/mol. The van der Waals surface area contributed by atoms with E-state index >= 15 is 0 Å². The fraction of sp³-hybridized carbons (Fsp3) is 0.182. The van der Waals surface area contributed by atoms with Crippen molar-refractivity contribution in [2.75, 3.05) is 0 Å². The second kappa shape index (κ2) is 5.19. The SMILES string of the molecule is C=CC(=O)NCc1ccc(CO)cc1. The van der Waals surface area contributed by atoms with Gasteiger partial charge in [0.1, 0.15) is 0 Å². The first-order chi connectivity index (χ1) is 6.76. The minimum absolute atomic E-state index is 0.0410. The third-order valence-corrected chi connectivity index (χ3v) is 1.86. The zero-order chi connectivity index (χ0) is 10.4. The lowest BCUT2D eigenvalue weighted by molar-refractivity contribution is -0.116.